The molecule has 1 aliphatic heterocycles. The van der Waals surface area contributed by atoms with E-state index in [0.29, 0.717) is 25.9 Å². The van der Waals surface area contributed by atoms with Gasteiger partial charge in [-0.25, -0.2) is 9.18 Å². The number of halogens is 1. The third-order valence-electron chi connectivity index (χ3n) is 4.89. The molecule has 1 unspecified atom stereocenters. The average molecular weight is 437 g/mol. The van der Waals surface area contributed by atoms with Gasteiger partial charge in [0, 0.05) is 19.1 Å². The molecule has 0 saturated carbocycles. The van der Waals surface area contributed by atoms with Crippen LogP contribution in [0.3, 0.4) is 0 Å². The molecule has 3 rings (SSSR count). The van der Waals surface area contributed by atoms with Gasteiger partial charge in [-0.2, -0.15) is 0 Å². The quantitative estimate of drug-likeness (QED) is 0.654. The summed E-state index contributed by atoms with van der Waals surface area (Å²) in [4.78, 5) is 16.9. The Balaban J connectivity index is 1.91. The number of hydrogen-bond donors (Lipinski definition) is 1. The van der Waals surface area contributed by atoms with Crippen LogP contribution in [0.4, 0.5) is 9.18 Å². The smallest absolute Gasteiger partial charge is 0.318 e. The molecule has 1 N–H and O–H groups in total. The second-order valence-corrected chi connectivity index (χ2v) is 7.92. The number of piperidine rings is 1. The van der Waals surface area contributed by atoms with Crippen molar-refractivity contribution in [1.29, 1.82) is 0 Å². The van der Waals surface area contributed by atoms with Crippen molar-refractivity contribution < 1.29 is 26.3 Å². The molecule has 1 aliphatic rings. The lowest BCUT2D eigenvalue weighted by Gasteiger charge is -2.37. The normalized spacial score (nSPS) is 20.2. The molecule has 0 aliphatic carbocycles. The summed E-state index contributed by atoms with van der Waals surface area (Å²) in [6, 6.07) is -5.58. The SMILES string of the molecule is [2H]c1c([2H])c(CN(C(=O)NCc2c([2H])c([2H])c(OC([2H])C(C)C)c([2H])c2[2H])C2CCN(C)CC2)c([2H])c([2H])c1F. The highest BCUT2D eigenvalue weighted by Gasteiger charge is 2.27. The third kappa shape index (κ3) is 7.24. The van der Waals surface area contributed by atoms with E-state index in [0.717, 1.165) is 0 Å². The van der Waals surface area contributed by atoms with Gasteiger partial charge < -0.3 is 19.9 Å². The first-order chi connectivity index (χ1) is 18.7. The highest BCUT2D eigenvalue weighted by Crippen LogP contribution is 2.19. The second kappa shape index (κ2) is 11.1. The summed E-state index contributed by atoms with van der Waals surface area (Å²) in [7, 11) is 1.93. The van der Waals surface area contributed by atoms with Crippen molar-refractivity contribution in [3.05, 3.63) is 65.3 Å². The van der Waals surface area contributed by atoms with Gasteiger partial charge >= 0.3 is 6.03 Å². The summed E-state index contributed by atoms with van der Waals surface area (Å²) in [5, 5.41) is 2.62. The van der Waals surface area contributed by atoms with Crippen LogP contribution in [-0.2, 0) is 13.1 Å². The zero-order valence-electron chi connectivity index (χ0n) is 27.1. The van der Waals surface area contributed by atoms with Crippen molar-refractivity contribution in [2.75, 3.05) is 26.7 Å². The number of amides is 2. The van der Waals surface area contributed by atoms with E-state index in [1.54, 1.807) is 13.8 Å². The van der Waals surface area contributed by atoms with E-state index in [-0.39, 0.29) is 41.9 Å². The summed E-state index contributed by atoms with van der Waals surface area (Å²) in [6.45, 7) is 3.00. The summed E-state index contributed by atoms with van der Waals surface area (Å²) in [6.07, 6.45) is 1.12. The Hall–Kier alpha value is -2.60. The minimum atomic E-state index is -1.27. The van der Waals surface area contributed by atoms with Crippen LogP contribution in [0.25, 0.3) is 0 Å². The fourth-order valence-corrected chi connectivity index (χ4v) is 3.19. The Morgan fingerprint density at radius 3 is 2.42 bits per heavy atom. The Morgan fingerprint density at radius 2 is 1.81 bits per heavy atom. The van der Waals surface area contributed by atoms with E-state index in [4.69, 9.17) is 17.1 Å². The number of benzene rings is 2. The largest absolute Gasteiger partial charge is 0.493 e. The third-order valence-corrected chi connectivity index (χ3v) is 4.89. The number of hydrogen-bond acceptors (Lipinski definition) is 3. The van der Waals surface area contributed by atoms with Gasteiger partial charge in [0.25, 0.3) is 0 Å². The van der Waals surface area contributed by atoms with Crippen LogP contribution in [0.1, 0.15) is 50.2 Å². The van der Waals surface area contributed by atoms with Crippen LogP contribution in [0, 0.1) is 11.7 Å². The summed E-state index contributed by atoms with van der Waals surface area (Å²) < 4.78 is 92.7. The summed E-state index contributed by atoms with van der Waals surface area (Å²) >= 11 is 0. The van der Waals surface area contributed by atoms with Crippen LogP contribution in [0.5, 0.6) is 5.75 Å². The number of nitrogens with zero attached hydrogens (tertiary/aromatic N) is 2. The molecule has 2 aromatic rings. The van der Waals surface area contributed by atoms with Crippen LogP contribution in [0.15, 0.2) is 48.3 Å². The lowest BCUT2D eigenvalue weighted by molar-refractivity contribution is 0.127. The van der Waals surface area contributed by atoms with Crippen molar-refractivity contribution in [3.63, 3.8) is 0 Å². The van der Waals surface area contributed by atoms with Gasteiger partial charge in [-0.1, -0.05) is 38.0 Å². The molecule has 2 aromatic carbocycles. The molecule has 1 atom stereocenters. The number of nitrogens with one attached hydrogen (secondary N) is 1. The molecule has 5 nitrogen and oxygen atoms in total. The number of likely N-dealkylation sites (tertiary alicyclic amines) is 1. The number of carbonyl (C=O) groups is 1. The van der Waals surface area contributed by atoms with Gasteiger partial charge in [-0.3, -0.25) is 0 Å². The van der Waals surface area contributed by atoms with Gasteiger partial charge in [0.1, 0.15) is 11.6 Å². The van der Waals surface area contributed by atoms with Gasteiger partial charge in [-0.15, -0.1) is 0 Å². The van der Waals surface area contributed by atoms with Crippen molar-refractivity contribution in [2.24, 2.45) is 5.92 Å². The van der Waals surface area contributed by atoms with E-state index in [1.807, 2.05) is 7.05 Å². The van der Waals surface area contributed by atoms with Crippen molar-refractivity contribution >= 4 is 6.03 Å². The zero-order valence-corrected chi connectivity index (χ0v) is 18.1. The van der Waals surface area contributed by atoms with Gasteiger partial charge in [0.2, 0.25) is 0 Å². The first kappa shape index (κ1) is 13.7. The maximum atomic E-state index is 14.1. The van der Waals surface area contributed by atoms with Crippen LogP contribution in [-0.4, -0.2) is 48.6 Å². The molecule has 0 aromatic heterocycles. The fourth-order valence-electron chi connectivity index (χ4n) is 3.19. The standard InChI is InChI=1S/C25H34FN3O2/c1-19(2)18-31-24-10-6-20(7-11-24)16-27-25(30)29(23-12-14-28(3)15-13-23)17-21-4-8-22(26)9-5-21/h4-11,19,23H,12-18H2,1-3H3,(H,27,30)/i4D,5D,6D,7D,8D,9D,10D,11D,18D. The van der Waals surface area contributed by atoms with E-state index in [1.165, 1.54) is 4.90 Å². The molecule has 31 heavy (non-hydrogen) atoms. The first-order valence-electron chi connectivity index (χ1n) is 14.9. The summed E-state index contributed by atoms with van der Waals surface area (Å²) in [5.74, 6) is -1.86. The highest BCUT2D eigenvalue weighted by molar-refractivity contribution is 5.74. The van der Waals surface area contributed by atoms with Crippen molar-refractivity contribution in [1.82, 2.24) is 15.1 Å². The van der Waals surface area contributed by atoms with Gasteiger partial charge in [-0.05, 0) is 74.2 Å². The Morgan fingerprint density at radius 1 is 1.19 bits per heavy atom. The fraction of sp³-hybridized carbons (Fsp3) is 0.480. The number of rotatable bonds is 8. The van der Waals surface area contributed by atoms with Crippen molar-refractivity contribution in [3.8, 4) is 5.75 Å². The Labute approximate surface area is 197 Å². The predicted octanol–water partition coefficient (Wildman–Crippen LogP) is 4.67. The van der Waals surface area contributed by atoms with Crippen LogP contribution >= 0.6 is 0 Å². The first-order valence-corrected chi connectivity index (χ1v) is 10.3. The molecule has 0 bridgehead atoms. The predicted molar refractivity (Wildman–Crippen MR) is 121 cm³/mol. The van der Waals surface area contributed by atoms with Crippen molar-refractivity contribution in [2.45, 2.75) is 45.8 Å². The lowest BCUT2D eigenvalue weighted by atomic mass is 10.0. The van der Waals surface area contributed by atoms with Gasteiger partial charge in [0.15, 0.2) is 0 Å². The molecule has 2 amide bonds. The molecular formula is C25H34FN3O2. The Kier molecular flexibility index (Phi) is 4.94. The number of ether oxygens (including phenoxy) is 1. The van der Waals surface area contributed by atoms with Crippen LogP contribution < -0.4 is 10.1 Å². The van der Waals surface area contributed by atoms with E-state index < -0.39 is 66.8 Å². The number of carbonyl (C=O) groups excluding carboxylic acids is 1. The molecule has 0 radical (unpaired) electrons. The highest BCUT2D eigenvalue weighted by atomic mass is 19.1. The topological polar surface area (TPSA) is 44.8 Å². The summed E-state index contributed by atoms with van der Waals surface area (Å²) in [5.41, 5.74) is -0.220. The molecule has 6 heteroatoms. The Bertz CT molecular complexity index is 1220. The minimum Gasteiger partial charge on any atom is -0.493 e. The molecule has 1 heterocycles. The molecule has 0 spiro atoms. The average Bonchev–Trinajstić information content (AvgIpc) is 2.92. The molecular weight excluding hydrogens is 393 g/mol. The molecule has 1 saturated heterocycles. The zero-order chi connectivity index (χ0) is 30.0. The second-order valence-electron chi connectivity index (χ2n) is 7.92. The molecule has 168 valence electrons. The molecule has 1 fully saturated rings. The maximum Gasteiger partial charge on any atom is 0.318 e. The van der Waals surface area contributed by atoms with Gasteiger partial charge in [0.05, 0.1) is 18.9 Å². The van der Waals surface area contributed by atoms with E-state index >= 15 is 0 Å². The maximum absolute atomic E-state index is 14.1. The van der Waals surface area contributed by atoms with E-state index in [9.17, 15) is 9.18 Å². The number of urea groups is 1. The van der Waals surface area contributed by atoms with E-state index in [2.05, 4.69) is 10.2 Å². The lowest BCUT2D eigenvalue weighted by Crippen LogP contribution is -2.49. The van der Waals surface area contributed by atoms with Crippen LogP contribution in [0.2, 0.25) is 0 Å². The monoisotopic (exact) mass is 436 g/mol. The minimum absolute atomic E-state index is 0.0869.